The van der Waals surface area contributed by atoms with E-state index in [1.807, 2.05) is 0 Å². The van der Waals surface area contributed by atoms with Crippen LogP contribution >= 0.6 is 11.6 Å². The van der Waals surface area contributed by atoms with E-state index in [0.29, 0.717) is 48.8 Å². The van der Waals surface area contributed by atoms with E-state index >= 15 is 0 Å². The van der Waals surface area contributed by atoms with E-state index in [1.54, 1.807) is 36.4 Å². The van der Waals surface area contributed by atoms with Crippen molar-refractivity contribution in [2.45, 2.75) is 36.3 Å². The van der Waals surface area contributed by atoms with Gasteiger partial charge in [0.2, 0.25) is 26.0 Å². The first-order valence-corrected chi connectivity index (χ1v) is 15.8. The number of benzene rings is 2. The summed E-state index contributed by atoms with van der Waals surface area (Å²) in [4.78, 5) is 12.9. The van der Waals surface area contributed by atoms with Crippen LogP contribution in [0.2, 0.25) is 5.02 Å². The molecule has 2 aliphatic heterocycles. The number of piperidine rings is 1. The Morgan fingerprint density at radius 1 is 0.919 bits per heavy atom. The van der Waals surface area contributed by atoms with Crippen molar-refractivity contribution >= 4 is 37.6 Å². The molecule has 2 aromatic rings. The maximum absolute atomic E-state index is 12.9. The third-order valence-electron chi connectivity index (χ3n) is 6.61. The summed E-state index contributed by atoms with van der Waals surface area (Å²) in [6.07, 6.45) is 2.99. The van der Waals surface area contributed by atoms with Crippen molar-refractivity contribution in [2.75, 3.05) is 39.3 Å². The van der Waals surface area contributed by atoms with Crippen LogP contribution in [0, 0.1) is 5.92 Å². The zero-order valence-corrected chi connectivity index (χ0v) is 22.9. The molecule has 2 aromatic carbocycles. The highest BCUT2D eigenvalue weighted by Crippen LogP contribution is 2.24. The lowest BCUT2D eigenvalue weighted by molar-refractivity contribution is -0.126. The minimum absolute atomic E-state index is 0.134. The van der Waals surface area contributed by atoms with E-state index in [4.69, 9.17) is 16.3 Å². The fourth-order valence-corrected chi connectivity index (χ4v) is 7.82. The number of halogens is 1. The predicted molar refractivity (Wildman–Crippen MR) is 141 cm³/mol. The van der Waals surface area contributed by atoms with Gasteiger partial charge in [-0.2, -0.15) is 4.31 Å². The van der Waals surface area contributed by atoms with Crippen molar-refractivity contribution < 1.29 is 26.4 Å². The minimum Gasteiger partial charge on any atom is -0.492 e. The number of nitrogens with one attached hydrogen (secondary N) is 1. The Kier molecular flexibility index (Phi) is 9.12. The molecule has 2 saturated heterocycles. The summed E-state index contributed by atoms with van der Waals surface area (Å²) >= 11 is 5.88. The molecule has 9 nitrogen and oxygen atoms in total. The maximum Gasteiger partial charge on any atom is 0.243 e. The van der Waals surface area contributed by atoms with Crippen LogP contribution in [0.5, 0.6) is 5.75 Å². The van der Waals surface area contributed by atoms with Gasteiger partial charge in [0.05, 0.1) is 23.1 Å². The lowest BCUT2D eigenvalue weighted by atomic mass is 9.99. The molecule has 37 heavy (non-hydrogen) atoms. The smallest absolute Gasteiger partial charge is 0.243 e. The van der Waals surface area contributed by atoms with Gasteiger partial charge in [-0.25, -0.2) is 21.1 Å². The molecule has 2 aliphatic rings. The molecule has 12 heteroatoms. The number of ether oxygens (including phenoxy) is 1. The van der Waals surface area contributed by atoms with Gasteiger partial charge in [0.25, 0.3) is 0 Å². The summed E-state index contributed by atoms with van der Waals surface area (Å²) in [6.45, 7) is 2.10. The highest BCUT2D eigenvalue weighted by atomic mass is 35.5. The summed E-state index contributed by atoms with van der Waals surface area (Å²) in [6, 6.07) is 13.0. The molecule has 202 valence electrons. The maximum atomic E-state index is 12.9. The van der Waals surface area contributed by atoms with Crippen molar-refractivity contribution in [2.24, 2.45) is 5.92 Å². The molecule has 2 heterocycles. The average molecular weight is 570 g/mol. The van der Waals surface area contributed by atoms with Gasteiger partial charge in [-0.1, -0.05) is 23.7 Å². The number of hydrogen-bond acceptors (Lipinski definition) is 6. The first-order chi connectivity index (χ1) is 17.6. The fraction of sp³-hybridized carbons (Fsp3) is 0.480. The van der Waals surface area contributed by atoms with E-state index in [1.165, 1.54) is 20.7 Å². The molecule has 0 bridgehead atoms. The predicted octanol–water partition coefficient (Wildman–Crippen LogP) is 2.86. The number of carbonyl (C=O) groups excluding carboxylic acids is 1. The summed E-state index contributed by atoms with van der Waals surface area (Å²) in [5.41, 5.74) is 0.648. The molecule has 0 spiro atoms. The SMILES string of the molecule is O=C(NCCOc1ccc(S(=O)(=O)N2CCCC2)cc1)[C@H]1CCCN(S(=O)(=O)Cc2ccc(Cl)cc2)C1. The number of hydrogen-bond donors (Lipinski definition) is 1. The zero-order valence-electron chi connectivity index (χ0n) is 20.5. The van der Waals surface area contributed by atoms with Gasteiger partial charge < -0.3 is 10.1 Å². The van der Waals surface area contributed by atoms with Gasteiger partial charge in [-0.05, 0) is 67.6 Å². The number of rotatable bonds is 10. The number of carbonyl (C=O) groups is 1. The van der Waals surface area contributed by atoms with Gasteiger partial charge in [-0.3, -0.25) is 4.79 Å². The van der Waals surface area contributed by atoms with Gasteiger partial charge in [0, 0.05) is 31.2 Å². The van der Waals surface area contributed by atoms with Crippen molar-refractivity contribution in [3.05, 3.63) is 59.1 Å². The third kappa shape index (κ3) is 7.23. The first kappa shape index (κ1) is 27.8. The van der Waals surface area contributed by atoms with Crippen molar-refractivity contribution in [1.29, 1.82) is 0 Å². The van der Waals surface area contributed by atoms with Crippen LogP contribution in [-0.4, -0.2) is 70.7 Å². The third-order valence-corrected chi connectivity index (χ3v) is 10.6. The van der Waals surface area contributed by atoms with Crippen LogP contribution in [0.3, 0.4) is 0 Å². The molecule has 0 saturated carbocycles. The molecule has 1 N–H and O–H groups in total. The lowest BCUT2D eigenvalue weighted by Gasteiger charge is -2.31. The average Bonchev–Trinajstić information content (AvgIpc) is 3.44. The van der Waals surface area contributed by atoms with Crippen LogP contribution in [0.15, 0.2) is 53.4 Å². The fourth-order valence-electron chi connectivity index (χ4n) is 4.56. The molecule has 1 atom stereocenters. The molecule has 1 amide bonds. The van der Waals surface area contributed by atoms with Crippen LogP contribution in [-0.2, 0) is 30.6 Å². The lowest BCUT2D eigenvalue weighted by Crippen LogP contribution is -2.46. The van der Waals surface area contributed by atoms with Crippen molar-refractivity contribution in [3.63, 3.8) is 0 Å². The minimum atomic E-state index is -3.56. The Balaban J connectivity index is 1.22. The van der Waals surface area contributed by atoms with Gasteiger partial charge in [0.1, 0.15) is 12.4 Å². The molecule has 0 radical (unpaired) electrons. The summed E-state index contributed by atoms with van der Waals surface area (Å²) in [7, 11) is -7.03. The first-order valence-electron chi connectivity index (χ1n) is 12.4. The molecule has 0 aromatic heterocycles. The summed E-state index contributed by atoms with van der Waals surface area (Å²) < 4.78 is 59.5. The molecule has 4 rings (SSSR count). The van der Waals surface area contributed by atoms with Gasteiger partial charge >= 0.3 is 0 Å². The molecular weight excluding hydrogens is 538 g/mol. The quantitative estimate of drug-likeness (QED) is 0.440. The summed E-state index contributed by atoms with van der Waals surface area (Å²) in [5.74, 6) is -0.262. The molecule has 0 unspecified atom stereocenters. The number of amides is 1. The van der Waals surface area contributed by atoms with E-state index < -0.39 is 26.0 Å². The number of nitrogens with zero attached hydrogens (tertiary/aromatic N) is 2. The van der Waals surface area contributed by atoms with Crippen LogP contribution in [0.25, 0.3) is 0 Å². The topological polar surface area (TPSA) is 113 Å². The monoisotopic (exact) mass is 569 g/mol. The normalized spacial score (nSPS) is 19.5. The molecular formula is C25H32ClN3O6S2. The Morgan fingerprint density at radius 2 is 1.57 bits per heavy atom. The van der Waals surface area contributed by atoms with Crippen molar-refractivity contribution in [3.8, 4) is 5.75 Å². The zero-order chi connectivity index (χ0) is 26.5. The highest BCUT2D eigenvalue weighted by Gasteiger charge is 2.32. The molecule has 0 aliphatic carbocycles. The Morgan fingerprint density at radius 3 is 2.24 bits per heavy atom. The van der Waals surface area contributed by atoms with Crippen LogP contribution < -0.4 is 10.1 Å². The van der Waals surface area contributed by atoms with Gasteiger partial charge in [0.15, 0.2) is 0 Å². The van der Waals surface area contributed by atoms with E-state index in [9.17, 15) is 21.6 Å². The largest absolute Gasteiger partial charge is 0.492 e. The Bertz CT molecular complexity index is 1280. The van der Waals surface area contributed by atoms with E-state index in [0.717, 1.165) is 12.8 Å². The molecule has 2 fully saturated rings. The Hall–Kier alpha value is -2.18. The summed E-state index contributed by atoms with van der Waals surface area (Å²) in [5, 5.41) is 3.36. The second-order valence-electron chi connectivity index (χ2n) is 9.30. The van der Waals surface area contributed by atoms with E-state index in [2.05, 4.69) is 5.32 Å². The van der Waals surface area contributed by atoms with Gasteiger partial charge in [-0.15, -0.1) is 0 Å². The second-order valence-corrected chi connectivity index (χ2v) is 13.6. The number of sulfonamides is 2. The Labute approximate surface area is 223 Å². The second kappa shape index (κ2) is 12.1. The highest BCUT2D eigenvalue weighted by molar-refractivity contribution is 7.89. The van der Waals surface area contributed by atoms with Crippen molar-refractivity contribution in [1.82, 2.24) is 13.9 Å². The van der Waals surface area contributed by atoms with Crippen LogP contribution in [0.1, 0.15) is 31.2 Å². The van der Waals surface area contributed by atoms with E-state index in [-0.39, 0.29) is 36.3 Å². The standard InChI is InChI=1S/C25H32ClN3O6S2/c26-22-7-5-20(6-8-22)19-36(31,32)29-16-3-4-21(18-29)25(30)27-13-17-35-23-9-11-24(12-10-23)37(33,34)28-14-1-2-15-28/h5-12,21H,1-4,13-19H2,(H,27,30)/t21-/m0/s1. The van der Waals surface area contributed by atoms with Crippen LogP contribution in [0.4, 0.5) is 0 Å².